The fraction of sp³-hybridized carbons (Fsp3) is 0.714. The first-order valence-electron chi connectivity index (χ1n) is 9.86. The predicted octanol–water partition coefficient (Wildman–Crippen LogP) is 5.47. The van der Waals surface area contributed by atoms with Gasteiger partial charge in [0.15, 0.2) is 11.5 Å². The molecule has 0 atom stereocenters. The lowest BCUT2D eigenvalue weighted by molar-refractivity contribution is 0.284. The second kappa shape index (κ2) is 11.4. The van der Waals surface area contributed by atoms with Gasteiger partial charge in [-0.3, -0.25) is 0 Å². The lowest BCUT2D eigenvalue weighted by Crippen LogP contribution is -2.30. The molecule has 0 radical (unpaired) electrons. The van der Waals surface area contributed by atoms with Crippen molar-refractivity contribution in [3.05, 3.63) is 23.8 Å². The van der Waals surface area contributed by atoms with E-state index in [2.05, 4.69) is 30.4 Å². The summed E-state index contributed by atoms with van der Waals surface area (Å²) in [5.74, 6) is 1.72. The highest BCUT2D eigenvalue weighted by Gasteiger charge is 2.13. The van der Waals surface area contributed by atoms with Gasteiger partial charge in [-0.15, -0.1) is 0 Å². The van der Waals surface area contributed by atoms with Crippen LogP contribution in [0.4, 0.5) is 0 Å². The molecule has 1 aliphatic rings. The van der Waals surface area contributed by atoms with Crippen LogP contribution in [0.1, 0.15) is 76.7 Å². The van der Waals surface area contributed by atoms with Crippen molar-refractivity contribution in [1.29, 1.82) is 0 Å². The van der Waals surface area contributed by atoms with Gasteiger partial charge >= 0.3 is 0 Å². The van der Waals surface area contributed by atoms with E-state index in [4.69, 9.17) is 9.47 Å². The van der Waals surface area contributed by atoms with Gasteiger partial charge in [0.1, 0.15) is 0 Å². The highest BCUT2D eigenvalue weighted by Crippen LogP contribution is 2.28. The molecule has 136 valence electrons. The average Bonchev–Trinajstić information content (AvgIpc) is 2.64. The summed E-state index contributed by atoms with van der Waals surface area (Å²) in [7, 11) is 1.72. The van der Waals surface area contributed by atoms with Crippen LogP contribution in [0.3, 0.4) is 0 Å². The summed E-state index contributed by atoms with van der Waals surface area (Å²) >= 11 is 0. The van der Waals surface area contributed by atoms with Crippen LogP contribution < -0.4 is 14.8 Å². The maximum Gasteiger partial charge on any atom is 0.161 e. The van der Waals surface area contributed by atoms with Gasteiger partial charge in [0.25, 0.3) is 0 Å². The number of benzene rings is 1. The molecule has 2 rings (SSSR count). The maximum absolute atomic E-state index is 5.91. The van der Waals surface area contributed by atoms with E-state index < -0.39 is 0 Å². The molecular weight excluding hydrogens is 298 g/mol. The molecule has 0 saturated heterocycles. The summed E-state index contributed by atoms with van der Waals surface area (Å²) in [6.45, 7) is 3.93. The quantitative estimate of drug-likeness (QED) is 0.545. The van der Waals surface area contributed by atoms with Gasteiger partial charge < -0.3 is 14.8 Å². The van der Waals surface area contributed by atoms with E-state index in [1.165, 1.54) is 63.4 Å². The van der Waals surface area contributed by atoms with E-state index >= 15 is 0 Å². The summed E-state index contributed by atoms with van der Waals surface area (Å²) in [5.41, 5.74) is 1.27. The van der Waals surface area contributed by atoms with Gasteiger partial charge in [0.05, 0.1) is 13.7 Å². The Labute approximate surface area is 148 Å². The predicted molar refractivity (Wildman–Crippen MR) is 101 cm³/mol. The van der Waals surface area contributed by atoms with Gasteiger partial charge in [-0.05, 0) is 37.0 Å². The second-order valence-electron chi connectivity index (χ2n) is 6.96. The van der Waals surface area contributed by atoms with Crippen molar-refractivity contribution >= 4 is 0 Å². The zero-order valence-electron chi connectivity index (χ0n) is 15.6. The summed E-state index contributed by atoms with van der Waals surface area (Å²) in [5, 5.41) is 3.68. The third-order valence-electron chi connectivity index (χ3n) is 4.93. The van der Waals surface area contributed by atoms with Crippen LogP contribution in [0.25, 0.3) is 0 Å². The molecule has 0 aromatic heterocycles. The Bertz CT molecular complexity index is 455. The first-order valence-corrected chi connectivity index (χ1v) is 9.86. The number of ether oxygens (including phenoxy) is 2. The average molecular weight is 334 g/mol. The third kappa shape index (κ3) is 6.72. The Balaban J connectivity index is 1.76. The molecule has 0 spiro atoms. The first kappa shape index (κ1) is 19.1. The number of nitrogens with one attached hydrogen (secondary N) is 1. The Morgan fingerprint density at radius 2 is 1.79 bits per heavy atom. The number of unbranched alkanes of at least 4 members (excludes halogenated alkanes) is 4. The Hall–Kier alpha value is -1.22. The van der Waals surface area contributed by atoms with Crippen LogP contribution in [-0.4, -0.2) is 19.8 Å². The summed E-state index contributed by atoms with van der Waals surface area (Å²) in [6, 6.07) is 7.01. The van der Waals surface area contributed by atoms with Crippen LogP contribution in [0, 0.1) is 0 Å². The topological polar surface area (TPSA) is 30.5 Å². The van der Waals surface area contributed by atoms with Crippen molar-refractivity contribution in [1.82, 2.24) is 5.32 Å². The molecule has 24 heavy (non-hydrogen) atoms. The highest BCUT2D eigenvalue weighted by atomic mass is 16.5. The fourth-order valence-corrected chi connectivity index (χ4v) is 3.40. The van der Waals surface area contributed by atoms with Crippen LogP contribution in [0.15, 0.2) is 18.2 Å². The summed E-state index contributed by atoms with van der Waals surface area (Å²) in [4.78, 5) is 0. The largest absolute Gasteiger partial charge is 0.493 e. The van der Waals surface area contributed by atoms with Crippen molar-refractivity contribution in [2.75, 3.05) is 13.7 Å². The normalized spacial score (nSPS) is 15.4. The smallest absolute Gasteiger partial charge is 0.161 e. The lowest BCUT2D eigenvalue weighted by Gasteiger charge is -2.23. The van der Waals surface area contributed by atoms with Gasteiger partial charge in [-0.2, -0.15) is 0 Å². The van der Waals surface area contributed by atoms with E-state index in [0.29, 0.717) is 6.04 Å². The van der Waals surface area contributed by atoms with Crippen LogP contribution >= 0.6 is 0 Å². The minimum absolute atomic E-state index is 0.684. The Kier molecular flexibility index (Phi) is 9.04. The van der Waals surface area contributed by atoms with Crippen LogP contribution in [0.5, 0.6) is 11.5 Å². The Morgan fingerprint density at radius 1 is 1.00 bits per heavy atom. The summed E-state index contributed by atoms with van der Waals surface area (Å²) in [6.07, 6.45) is 13.1. The molecule has 0 heterocycles. The third-order valence-corrected chi connectivity index (χ3v) is 4.93. The molecule has 1 fully saturated rings. The van der Waals surface area contributed by atoms with Crippen molar-refractivity contribution in [3.8, 4) is 11.5 Å². The minimum Gasteiger partial charge on any atom is -0.493 e. The molecular formula is C21H35NO2. The van der Waals surface area contributed by atoms with Crippen molar-refractivity contribution < 1.29 is 9.47 Å². The van der Waals surface area contributed by atoms with E-state index in [0.717, 1.165) is 31.1 Å². The molecule has 3 heteroatoms. The first-order chi connectivity index (χ1) is 11.8. The molecule has 0 bridgehead atoms. The highest BCUT2D eigenvalue weighted by molar-refractivity contribution is 5.42. The number of hydrogen-bond donors (Lipinski definition) is 1. The molecule has 0 unspecified atom stereocenters. The SMILES string of the molecule is CCCCCCCOc1ccc(CNC2CCCCC2)cc1OC. The summed E-state index contributed by atoms with van der Waals surface area (Å²) < 4.78 is 11.4. The molecule has 0 amide bonds. The van der Waals surface area contributed by atoms with E-state index in [1.54, 1.807) is 7.11 Å². The zero-order valence-corrected chi connectivity index (χ0v) is 15.6. The lowest BCUT2D eigenvalue weighted by atomic mass is 9.95. The van der Waals surface area contributed by atoms with E-state index in [-0.39, 0.29) is 0 Å². The zero-order chi connectivity index (χ0) is 17.0. The van der Waals surface area contributed by atoms with Crippen LogP contribution in [-0.2, 0) is 6.54 Å². The monoisotopic (exact) mass is 333 g/mol. The molecule has 1 aliphatic carbocycles. The molecule has 0 aliphatic heterocycles. The van der Waals surface area contributed by atoms with Crippen LogP contribution in [0.2, 0.25) is 0 Å². The maximum atomic E-state index is 5.91. The van der Waals surface area contributed by atoms with Crippen molar-refractivity contribution in [2.45, 2.75) is 83.7 Å². The van der Waals surface area contributed by atoms with E-state index in [1.807, 2.05) is 0 Å². The number of methoxy groups -OCH3 is 1. The molecule has 3 nitrogen and oxygen atoms in total. The van der Waals surface area contributed by atoms with Gasteiger partial charge in [0.2, 0.25) is 0 Å². The van der Waals surface area contributed by atoms with Crippen molar-refractivity contribution in [2.24, 2.45) is 0 Å². The second-order valence-corrected chi connectivity index (χ2v) is 6.96. The number of hydrogen-bond acceptors (Lipinski definition) is 3. The Morgan fingerprint density at radius 3 is 2.54 bits per heavy atom. The van der Waals surface area contributed by atoms with Gasteiger partial charge in [0, 0.05) is 12.6 Å². The molecule has 1 aromatic carbocycles. The van der Waals surface area contributed by atoms with Gasteiger partial charge in [-0.1, -0.05) is 57.9 Å². The minimum atomic E-state index is 0.684. The standard InChI is InChI=1S/C21H35NO2/c1-3-4-5-6-10-15-24-20-14-13-18(16-21(20)23-2)17-22-19-11-8-7-9-12-19/h13-14,16,19,22H,3-12,15,17H2,1-2H3. The van der Waals surface area contributed by atoms with Crippen molar-refractivity contribution in [3.63, 3.8) is 0 Å². The number of rotatable bonds is 11. The fourth-order valence-electron chi connectivity index (χ4n) is 3.40. The van der Waals surface area contributed by atoms with E-state index in [9.17, 15) is 0 Å². The molecule has 1 N–H and O–H groups in total. The molecule has 1 aromatic rings. The van der Waals surface area contributed by atoms with Gasteiger partial charge in [-0.25, -0.2) is 0 Å². The molecule has 1 saturated carbocycles.